The van der Waals surface area contributed by atoms with Crippen LogP contribution in [0.3, 0.4) is 0 Å². The first-order valence-electron chi connectivity index (χ1n) is 5.27. The molecule has 0 fully saturated rings. The molecule has 2 nitrogen and oxygen atoms in total. The Bertz CT molecular complexity index is 462. The second kappa shape index (κ2) is 4.36. The van der Waals surface area contributed by atoms with Crippen LogP contribution in [0, 0.1) is 6.92 Å². The molecule has 0 aliphatic carbocycles. The van der Waals surface area contributed by atoms with Crippen molar-refractivity contribution >= 4 is 11.3 Å². The smallest absolute Gasteiger partial charge is 0.0960 e. The molecule has 2 aromatic rings. The molecule has 0 aliphatic heterocycles. The van der Waals surface area contributed by atoms with E-state index in [0.29, 0.717) is 6.42 Å². The third kappa shape index (κ3) is 2.49. The third-order valence-corrected chi connectivity index (χ3v) is 3.52. The number of aliphatic hydroxyl groups is 1. The maximum Gasteiger partial charge on any atom is 0.0960 e. The summed E-state index contributed by atoms with van der Waals surface area (Å²) in [5, 5.41) is 13.4. The zero-order chi connectivity index (χ0) is 11.6. The molecule has 0 amide bonds. The molecule has 0 aliphatic rings. The summed E-state index contributed by atoms with van der Waals surface area (Å²) < 4.78 is 0. The number of hydrogen-bond acceptors (Lipinski definition) is 3. The summed E-state index contributed by atoms with van der Waals surface area (Å²) in [7, 11) is 0. The highest BCUT2D eigenvalue weighted by atomic mass is 32.1. The minimum atomic E-state index is -0.842. The van der Waals surface area contributed by atoms with Crippen molar-refractivity contribution in [3.8, 4) is 0 Å². The fraction of sp³-hybridized carbons (Fsp3) is 0.308. The second-order valence-electron chi connectivity index (χ2n) is 4.20. The molecule has 2 rings (SSSR count). The molecule has 1 aromatic carbocycles. The predicted octanol–water partition coefficient (Wildman–Crippen LogP) is 2.90. The van der Waals surface area contributed by atoms with E-state index in [1.165, 1.54) is 0 Å². The fourth-order valence-electron chi connectivity index (χ4n) is 1.68. The van der Waals surface area contributed by atoms with E-state index in [4.69, 9.17) is 0 Å². The number of nitrogens with zero attached hydrogens (tertiary/aromatic N) is 1. The number of thiazole rings is 1. The minimum Gasteiger partial charge on any atom is -0.385 e. The molecule has 84 valence electrons. The van der Waals surface area contributed by atoms with Crippen molar-refractivity contribution in [1.29, 1.82) is 0 Å². The fourth-order valence-corrected chi connectivity index (χ4v) is 2.60. The molecule has 1 aromatic heterocycles. The molecule has 1 heterocycles. The Hall–Kier alpha value is -1.19. The van der Waals surface area contributed by atoms with Gasteiger partial charge >= 0.3 is 0 Å². The molecule has 0 bridgehead atoms. The molecule has 1 atom stereocenters. The number of aryl methyl sites for hydroxylation is 1. The number of benzene rings is 1. The highest BCUT2D eigenvalue weighted by Gasteiger charge is 2.24. The topological polar surface area (TPSA) is 33.1 Å². The summed E-state index contributed by atoms with van der Waals surface area (Å²) in [6.07, 6.45) is 0.565. The van der Waals surface area contributed by atoms with Crippen LogP contribution in [0.4, 0.5) is 0 Å². The zero-order valence-electron chi connectivity index (χ0n) is 9.47. The van der Waals surface area contributed by atoms with E-state index in [-0.39, 0.29) is 0 Å². The van der Waals surface area contributed by atoms with E-state index in [1.807, 2.05) is 49.6 Å². The predicted molar refractivity (Wildman–Crippen MR) is 66.6 cm³/mol. The van der Waals surface area contributed by atoms with E-state index in [2.05, 4.69) is 4.98 Å². The van der Waals surface area contributed by atoms with E-state index in [9.17, 15) is 5.11 Å². The van der Waals surface area contributed by atoms with Gasteiger partial charge in [0.05, 0.1) is 10.6 Å². The number of aromatic nitrogens is 1. The van der Waals surface area contributed by atoms with Gasteiger partial charge in [0.25, 0.3) is 0 Å². The van der Waals surface area contributed by atoms with E-state index >= 15 is 0 Å². The van der Waals surface area contributed by atoms with Crippen LogP contribution in [-0.4, -0.2) is 10.1 Å². The lowest BCUT2D eigenvalue weighted by molar-refractivity contribution is 0.0575. The summed E-state index contributed by atoms with van der Waals surface area (Å²) in [4.78, 5) is 4.38. The molecular weight excluding hydrogens is 218 g/mol. The summed E-state index contributed by atoms with van der Waals surface area (Å²) in [5.41, 5.74) is 1.11. The molecule has 16 heavy (non-hydrogen) atoms. The van der Waals surface area contributed by atoms with Crippen LogP contribution in [0.5, 0.6) is 0 Å². The monoisotopic (exact) mass is 233 g/mol. The molecule has 3 heteroatoms. The van der Waals surface area contributed by atoms with Crippen LogP contribution < -0.4 is 0 Å². The van der Waals surface area contributed by atoms with Crippen molar-refractivity contribution in [2.75, 3.05) is 0 Å². The summed E-state index contributed by atoms with van der Waals surface area (Å²) >= 11 is 1.60. The van der Waals surface area contributed by atoms with E-state index in [0.717, 1.165) is 16.3 Å². The maximum atomic E-state index is 10.4. The average Bonchev–Trinajstić information content (AvgIpc) is 2.64. The van der Waals surface area contributed by atoms with Crippen LogP contribution in [0.15, 0.2) is 35.7 Å². The lowest BCUT2D eigenvalue weighted by Gasteiger charge is -2.22. The first kappa shape index (κ1) is 11.3. The van der Waals surface area contributed by atoms with Gasteiger partial charge in [-0.2, -0.15) is 0 Å². The molecular formula is C13H15NOS. The van der Waals surface area contributed by atoms with Crippen LogP contribution >= 0.6 is 11.3 Å². The summed E-state index contributed by atoms with van der Waals surface area (Å²) in [6.45, 7) is 3.80. The molecule has 1 N–H and O–H groups in total. The number of rotatable bonds is 3. The van der Waals surface area contributed by atoms with Crippen LogP contribution in [0.1, 0.15) is 23.2 Å². The Morgan fingerprint density at radius 3 is 2.56 bits per heavy atom. The highest BCUT2D eigenvalue weighted by Crippen LogP contribution is 2.26. The van der Waals surface area contributed by atoms with E-state index < -0.39 is 5.60 Å². The van der Waals surface area contributed by atoms with Crippen LogP contribution in [-0.2, 0) is 12.0 Å². The minimum absolute atomic E-state index is 0.565. The quantitative estimate of drug-likeness (QED) is 0.884. The van der Waals surface area contributed by atoms with E-state index in [1.54, 1.807) is 11.3 Å². The van der Waals surface area contributed by atoms with Crippen molar-refractivity contribution < 1.29 is 5.11 Å². The van der Waals surface area contributed by atoms with Gasteiger partial charge in [0.15, 0.2) is 0 Å². The molecule has 0 saturated carbocycles. The van der Waals surface area contributed by atoms with Crippen LogP contribution in [0.25, 0.3) is 0 Å². The zero-order valence-corrected chi connectivity index (χ0v) is 10.3. The Kier molecular flexibility index (Phi) is 3.08. The van der Waals surface area contributed by atoms with Gasteiger partial charge in [-0.15, -0.1) is 11.3 Å². The van der Waals surface area contributed by atoms with Gasteiger partial charge in [-0.05, 0) is 19.4 Å². The second-order valence-corrected chi connectivity index (χ2v) is 5.14. The lowest BCUT2D eigenvalue weighted by Crippen LogP contribution is -2.24. The van der Waals surface area contributed by atoms with Gasteiger partial charge in [-0.3, -0.25) is 0 Å². The van der Waals surface area contributed by atoms with Crippen molar-refractivity contribution in [2.24, 2.45) is 0 Å². The van der Waals surface area contributed by atoms with Gasteiger partial charge < -0.3 is 5.11 Å². The molecule has 0 saturated heterocycles. The van der Waals surface area contributed by atoms with Gasteiger partial charge in [-0.25, -0.2) is 4.98 Å². The van der Waals surface area contributed by atoms with Crippen molar-refractivity contribution in [1.82, 2.24) is 4.98 Å². The largest absolute Gasteiger partial charge is 0.385 e. The summed E-state index contributed by atoms with van der Waals surface area (Å²) in [5.74, 6) is 0. The molecule has 1 unspecified atom stereocenters. The Balaban J connectivity index is 2.20. The molecule has 0 radical (unpaired) electrons. The Morgan fingerprint density at radius 1 is 1.31 bits per heavy atom. The SMILES string of the molecule is Cc1csc(CC(C)(O)c2ccccc2)n1. The standard InChI is InChI=1S/C13H15NOS/c1-10-9-16-12(14-10)8-13(2,15)11-6-4-3-5-7-11/h3-7,9,15H,8H2,1-2H3. The van der Waals surface area contributed by atoms with Crippen LogP contribution in [0.2, 0.25) is 0 Å². The maximum absolute atomic E-state index is 10.4. The van der Waals surface area contributed by atoms with Crippen molar-refractivity contribution in [3.05, 3.63) is 52.0 Å². The lowest BCUT2D eigenvalue weighted by atomic mass is 9.93. The summed E-state index contributed by atoms with van der Waals surface area (Å²) in [6, 6.07) is 9.72. The third-order valence-electron chi connectivity index (χ3n) is 2.56. The average molecular weight is 233 g/mol. The van der Waals surface area contributed by atoms with Crippen molar-refractivity contribution in [2.45, 2.75) is 25.9 Å². The van der Waals surface area contributed by atoms with Gasteiger partial charge in [-0.1, -0.05) is 30.3 Å². The van der Waals surface area contributed by atoms with Gasteiger partial charge in [0.2, 0.25) is 0 Å². The van der Waals surface area contributed by atoms with Gasteiger partial charge in [0.1, 0.15) is 0 Å². The van der Waals surface area contributed by atoms with Gasteiger partial charge in [0, 0.05) is 17.5 Å². The highest BCUT2D eigenvalue weighted by molar-refractivity contribution is 7.09. The molecule has 0 spiro atoms. The Labute approximate surface area is 99.6 Å². The normalized spacial score (nSPS) is 14.7. The first-order chi connectivity index (χ1) is 7.58. The first-order valence-corrected chi connectivity index (χ1v) is 6.15. The Morgan fingerprint density at radius 2 is 2.00 bits per heavy atom. The number of hydrogen-bond donors (Lipinski definition) is 1. The van der Waals surface area contributed by atoms with Crippen molar-refractivity contribution in [3.63, 3.8) is 0 Å².